The largest absolute Gasteiger partial charge is 0.381 e. The first-order valence-corrected chi connectivity index (χ1v) is 12.9. The molecule has 2 aliphatic heterocycles. The molecule has 3 amide bonds. The zero-order chi connectivity index (χ0) is 26.4. The second kappa shape index (κ2) is 9.78. The molecule has 1 unspecified atom stereocenters. The number of rotatable bonds is 6. The van der Waals surface area contributed by atoms with Gasteiger partial charge in [0.25, 0.3) is 11.8 Å². The lowest BCUT2D eigenvalue weighted by atomic mass is 10.0. The molecule has 1 atom stereocenters. The molecule has 2 aliphatic rings. The first kappa shape index (κ1) is 24.5. The van der Waals surface area contributed by atoms with Crippen LogP contribution in [-0.2, 0) is 16.1 Å². The smallest absolute Gasteiger partial charge is 0.287 e. The lowest BCUT2D eigenvalue weighted by Gasteiger charge is -2.28. The van der Waals surface area contributed by atoms with Crippen LogP contribution in [0.1, 0.15) is 38.4 Å². The molecule has 1 saturated heterocycles. The van der Waals surface area contributed by atoms with Gasteiger partial charge in [-0.15, -0.1) is 0 Å². The number of nitrogens with one attached hydrogen (secondary N) is 3. The summed E-state index contributed by atoms with van der Waals surface area (Å²) >= 11 is 7.57. The Kier molecular flexibility index (Phi) is 6.30. The number of carbonyl (C=O) groups is 3. The van der Waals surface area contributed by atoms with E-state index in [0.29, 0.717) is 30.8 Å². The second-order valence-electron chi connectivity index (χ2n) is 9.02. The predicted octanol–water partition coefficient (Wildman–Crippen LogP) is 3.13. The van der Waals surface area contributed by atoms with Gasteiger partial charge in [-0.3, -0.25) is 14.4 Å². The molecular formula is C25H20ClFN6O4S. The van der Waals surface area contributed by atoms with Crippen molar-refractivity contribution in [2.24, 2.45) is 5.92 Å². The number of nitrogens with zero attached hydrogens (tertiary/aromatic N) is 3. The van der Waals surface area contributed by atoms with Gasteiger partial charge in [0.05, 0.1) is 29.6 Å². The van der Waals surface area contributed by atoms with Gasteiger partial charge in [-0.1, -0.05) is 29.8 Å². The number of halogens is 2. The lowest BCUT2D eigenvalue weighted by molar-refractivity contribution is -0.123. The highest BCUT2D eigenvalue weighted by Gasteiger charge is 2.36. The van der Waals surface area contributed by atoms with Crippen LogP contribution in [0.25, 0.3) is 10.1 Å². The summed E-state index contributed by atoms with van der Waals surface area (Å²) in [5, 5.41) is 9.24. The number of anilines is 1. The summed E-state index contributed by atoms with van der Waals surface area (Å²) in [5.41, 5.74) is 0.750. The highest BCUT2D eigenvalue weighted by atomic mass is 35.5. The molecule has 0 bridgehead atoms. The van der Waals surface area contributed by atoms with Crippen LogP contribution >= 0.6 is 23.1 Å². The lowest BCUT2D eigenvalue weighted by Crippen LogP contribution is -2.42. The molecule has 0 radical (unpaired) electrons. The number of imidazole rings is 1. The number of fused-ring (bicyclic) bond motifs is 2. The summed E-state index contributed by atoms with van der Waals surface area (Å²) in [6.45, 7) is 1.24. The third-order valence-corrected chi connectivity index (χ3v) is 7.61. The number of carbonyl (C=O) groups excluding carboxylic acids is 3. The van der Waals surface area contributed by atoms with Gasteiger partial charge in [-0.05, 0) is 35.8 Å². The van der Waals surface area contributed by atoms with Gasteiger partial charge in [0.1, 0.15) is 18.1 Å². The summed E-state index contributed by atoms with van der Waals surface area (Å²) in [7, 11) is 0. The van der Waals surface area contributed by atoms with Crippen molar-refractivity contribution < 1.29 is 23.5 Å². The van der Waals surface area contributed by atoms with Crippen molar-refractivity contribution in [3.05, 3.63) is 76.1 Å². The number of ether oxygens (including phenoxy) is 1. The monoisotopic (exact) mass is 554 g/mol. The normalized spacial score (nSPS) is 17.0. The molecule has 1 fully saturated rings. The van der Waals surface area contributed by atoms with Crippen LogP contribution in [0.15, 0.2) is 42.5 Å². The Labute approximate surface area is 224 Å². The minimum Gasteiger partial charge on any atom is -0.381 e. The first-order chi connectivity index (χ1) is 18.4. The van der Waals surface area contributed by atoms with E-state index in [0.717, 1.165) is 4.70 Å². The minimum atomic E-state index is -0.976. The number of hydrogen-bond acceptors (Lipinski definition) is 7. The number of aromatic nitrogens is 3. The molecule has 194 valence electrons. The van der Waals surface area contributed by atoms with Gasteiger partial charge in [0, 0.05) is 28.4 Å². The zero-order valence-electron chi connectivity index (χ0n) is 19.7. The summed E-state index contributed by atoms with van der Waals surface area (Å²) < 4.78 is 25.9. The second-order valence-corrected chi connectivity index (χ2v) is 10.2. The molecule has 4 heterocycles. The van der Waals surface area contributed by atoms with Crippen molar-refractivity contribution in [3.63, 3.8) is 0 Å². The number of hydrogen-bond donors (Lipinski definition) is 3. The molecule has 13 heteroatoms. The quantitative estimate of drug-likeness (QED) is 0.336. The molecular weight excluding hydrogens is 535 g/mol. The Balaban J connectivity index is 1.43. The van der Waals surface area contributed by atoms with Gasteiger partial charge in [0.2, 0.25) is 11.7 Å². The maximum absolute atomic E-state index is 14.2. The van der Waals surface area contributed by atoms with Crippen LogP contribution in [-0.4, -0.2) is 51.4 Å². The molecule has 0 saturated carbocycles. The van der Waals surface area contributed by atoms with Gasteiger partial charge in [-0.25, -0.2) is 9.37 Å². The van der Waals surface area contributed by atoms with Crippen molar-refractivity contribution in [2.45, 2.75) is 12.6 Å². The van der Waals surface area contributed by atoms with E-state index in [-0.39, 0.29) is 40.4 Å². The van der Waals surface area contributed by atoms with E-state index >= 15 is 0 Å². The van der Waals surface area contributed by atoms with Gasteiger partial charge >= 0.3 is 0 Å². The Morgan fingerprint density at radius 1 is 1.21 bits per heavy atom. The fourth-order valence-corrected chi connectivity index (χ4v) is 5.50. The van der Waals surface area contributed by atoms with E-state index in [4.69, 9.17) is 16.3 Å². The van der Waals surface area contributed by atoms with Gasteiger partial charge in [-0.2, -0.15) is 4.37 Å². The van der Waals surface area contributed by atoms with E-state index in [1.807, 2.05) is 12.1 Å². The van der Waals surface area contributed by atoms with Crippen molar-refractivity contribution in [2.75, 3.05) is 25.1 Å². The van der Waals surface area contributed by atoms with Crippen LogP contribution in [0.5, 0.6) is 0 Å². The molecule has 2 aromatic carbocycles. The Morgan fingerprint density at radius 3 is 2.82 bits per heavy atom. The maximum atomic E-state index is 14.2. The Hall–Kier alpha value is -3.87. The van der Waals surface area contributed by atoms with E-state index in [2.05, 4.69) is 25.3 Å². The fourth-order valence-electron chi connectivity index (χ4n) is 4.50. The highest BCUT2D eigenvalue weighted by molar-refractivity contribution is 7.13. The van der Waals surface area contributed by atoms with Crippen molar-refractivity contribution in [1.82, 2.24) is 24.6 Å². The van der Waals surface area contributed by atoms with Crippen LogP contribution < -0.4 is 16.0 Å². The van der Waals surface area contributed by atoms with E-state index < -0.39 is 29.6 Å². The Bertz CT molecular complexity index is 1600. The summed E-state index contributed by atoms with van der Waals surface area (Å²) in [6, 6.07) is 10.1. The molecule has 4 aromatic rings. The summed E-state index contributed by atoms with van der Waals surface area (Å²) in [5.74, 6) is -1.88. The minimum absolute atomic E-state index is 0.0366. The van der Waals surface area contributed by atoms with E-state index in [1.54, 1.807) is 12.1 Å². The zero-order valence-corrected chi connectivity index (χ0v) is 21.2. The van der Waals surface area contributed by atoms with E-state index in [1.165, 1.54) is 34.3 Å². The van der Waals surface area contributed by atoms with E-state index in [9.17, 15) is 18.8 Å². The van der Waals surface area contributed by atoms with Crippen LogP contribution in [0.2, 0.25) is 5.02 Å². The molecule has 0 aliphatic carbocycles. The average molecular weight is 555 g/mol. The third-order valence-electron chi connectivity index (χ3n) is 6.44. The maximum Gasteiger partial charge on any atom is 0.287 e. The SMILES string of the molecule is O=C1Cn2c(C(=O)NCC3COC3)nc(NC(=O)c3nsc4ccccc34)c2C(c2cc(F)ccc2Cl)N1. The average Bonchev–Trinajstić information content (AvgIpc) is 3.46. The topological polar surface area (TPSA) is 127 Å². The predicted molar refractivity (Wildman–Crippen MR) is 138 cm³/mol. The molecule has 2 aromatic heterocycles. The standard InChI is InChI=1S/C25H20ClFN6O4S/c26-16-6-5-13(27)7-15(16)19-21-22(31-24(35)20-14-3-1-2-4-17(14)38-32-20)30-23(33(21)9-18(34)29-19)25(36)28-8-12-10-37-11-12/h1-7,12,19H,8-11H2,(H,28,36)(H,29,34)(H,31,35). The van der Waals surface area contributed by atoms with Crippen molar-refractivity contribution in [3.8, 4) is 0 Å². The molecule has 3 N–H and O–H groups in total. The summed E-state index contributed by atoms with van der Waals surface area (Å²) in [4.78, 5) is 43.7. The Morgan fingerprint density at radius 2 is 2.03 bits per heavy atom. The third kappa shape index (κ3) is 4.40. The van der Waals surface area contributed by atoms with Crippen molar-refractivity contribution in [1.29, 1.82) is 0 Å². The molecule has 0 spiro atoms. The van der Waals surface area contributed by atoms with Gasteiger partial charge in [0.15, 0.2) is 5.82 Å². The highest BCUT2D eigenvalue weighted by Crippen LogP contribution is 2.36. The molecule has 6 rings (SSSR count). The number of amides is 3. The van der Waals surface area contributed by atoms with Crippen molar-refractivity contribution >= 4 is 56.8 Å². The first-order valence-electron chi connectivity index (χ1n) is 11.8. The van der Waals surface area contributed by atoms with Crippen LogP contribution in [0.4, 0.5) is 10.2 Å². The molecule has 10 nitrogen and oxygen atoms in total. The number of benzene rings is 2. The van der Waals surface area contributed by atoms with Crippen LogP contribution in [0.3, 0.4) is 0 Å². The fraction of sp³-hybridized carbons (Fsp3) is 0.240. The molecule has 38 heavy (non-hydrogen) atoms. The van der Waals surface area contributed by atoms with Crippen LogP contribution in [0, 0.1) is 11.7 Å². The van der Waals surface area contributed by atoms with Gasteiger partial charge < -0.3 is 25.3 Å². The summed E-state index contributed by atoms with van der Waals surface area (Å²) in [6.07, 6.45) is 0.